The van der Waals surface area contributed by atoms with Crippen LogP contribution >= 0.6 is 0 Å². The van der Waals surface area contributed by atoms with Crippen LogP contribution in [0.2, 0.25) is 0 Å². The molecule has 1 N–H and O–H groups in total. The molecule has 2 fully saturated rings. The minimum Gasteiger partial charge on any atom is -0.375 e. The molecule has 1 saturated heterocycles. The molecular formula is C18H25N5O. The fraction of sp³-hybridized carbons (Fsp3) is 0.611. The molecule has 0 unspecified atom stereocenters. The molecule has 1 spiro atoms. The lowest BCUT2D eigenvalue weighted by molar-refractivity contribution is -0.0767. The van der Waals surface area contributed by atoms with Crippen LogP contribution in [0.15, 0.2) is 18.5 Å². The second-order valence-corrected chi connectivity index (χ2v) is 7.17. The monoisotopic (exact) mass is 327 g/mol. The van der Waals surface area contributed by atoms with E-state index in [-0.39, 0.29) is 5.60 Å². The summed E-state index contributed by atoms with van der Waals surface area (Å²) in [5.74, 6) is 1.58. The van der Waals surface area contributed by atoms with Crippen LogP contribution in [0.1, 0.15) is 49.9 Å². The third-order valence-corrected chi connectivity index (χ3v) is 5.21. The SMILES string of the molecule is Cc1cc(C)n(-c2cncc(N[C@@H]3CCOC4(CCCC4)C3)n2)n1. The fourth-order valence-corrected chi connectivity index (χ4v) is 4.12. The summed E-state index contributed by atoms with van der Waals surface area (Å²) in [4.78, 5) is 9.06. The van der Waals surface area contributed by atoms with Gasteiger partial charge in [-0.15, -0.1) is 0 Å². The first-order valence-electron chi connectivity index (χ1n) is 8.90. The van der Waals surface area contributed by atoms with Crippen molar-refractivity contribution in [1.82, 2.24) is 19.7 Å². The summed E-state index contributed by atoms with van der Waals surface area (Å²) in [6.07, 6.45) is 10.6. The van der Waals surface area contributed by atoms with Crippen molar-refractivity contribution in [1.29, 1.82) is 0 Å². The Hall–Kier alpha value is -1.95. The highest BCUT2D eigenvalue weighted by Crippen LogP contribution is 2.40. The zero-order valence-corrected chi connectivity index (χ0v) is 14.5. The van der Waals surface area contributed by atoms with Crippen molar-refractivity contribution >= 4 is 5.82 Å². The standard InChI is InChI=1S/C18H25N5O/c1-13-9-14(2)23(22-13)17-12-19-11-16(21-17)20-15-5-8-24-18(10-15)6-3-4-7-18/h9,11-12,15H,3-8,10H2,1-2H3,(H,20,21)/t15-/m1/s1. The van der Waals surface area contributed by atoms with Crippen LogP contribution in [0.25, 0.3) is 5.82 Å². The number of nitrogens with one attached hydrogen (secondary N) is 1. The molecule has 1 atom stereocenters. The van der Waals surface area contributed by atoms with Crippen molar-refractivity contribution in [3.63, 3.8) is 0 Å². The van der Waals surface area contributed by atoms with Crippen LogP contribution in [0.5, 0.6) is 0 Å². The van der Waals surface area contributed by atoms with Gasteiger partial charge < -0.3 is 10.1 Å². The van der Waals surface area contributed by atoms with Gasteiger partial charge in [0.25, 0.3) is 0 Å². The number of anilines is 1. The molecule has 1 aliphatic carbocycles. The molecule has 2 aromatic heterocycles. The molecule has 2 aliphatic rings. The zero-order chi connectivity index (χ0) is 16.6. The molecule has 4 rings (SSSR count). The summed E-state index contributed by atoms with van der Waals surface area (Å²) in [5, 5.41) is 8.07. The number of nitrogens with zero attached hydrogens (tertiary/aromatic N) is 4. The van der Waals surface area contributed by atoms with Crippen molar-refractivity contribution in [2.24, 2.45) is 0 Å². The van der Waals surface area contributed by atoms with Crippen LogP contribution in [0, 0.1) is 13.8 Å². The van der Waals surface area contributed by atoms with Crippen LogP contribution in [-0.2, 0) is 4.74 Å². The summed E-state index contributed by atoms with van der Waals surface area (Å²) in [6, 6.07) is 2.45. The molecule has 3 heterocycles. The smallest absolute Gasteiger partial charge is 0.174 e. The quantitative estimate of drug-likeness (QED) is 0.938. The summed E-state index contributed by atoms with van der Waals surface area (Å²) in [5.41, 5.74) is 2.16. The number of rotatable bonds is 3. The maximum Gasteiger partial charge on any atom is 0.174 e. The Morgan fingerprint density at radius 2 is 2.08 bits per heavy atom. The van der Waals surface area contributed by atoms with E-state index < -0.39 is 0 Å². The first-order valence-corrected chi connectivity index (χ1v) is 8.90. The van der Waals surface area contributed by atoms with E-state index in [2.05, 4.69) is 15.4 Å². The third kappa shape index (κ3) is 3.02. The number of ether oxygens (including phenoxy) is 1. The van der Waals surface area contributed by atoms with E-state index in [1.54, 1.807) is 12.4 Å². The lowest BCUT2D eigenvalue weighted by Crippen LogP contribution is -2.42. The van der Waals surface area contributed by atoms with Crippen molar-refractivity contribution in [2.45, 2.75) is 64.0 Å². The Balaban J connectivity index is 1.51. The van der Waals surface area contributed by atoms with Gasteiger partial charge >= 0.3 is 0 Å². The van der Waals surface area contributed by atoms with E-state index in [1.807, 2.05) is 24.6 Å². The summed E-state index contributed by atoms with van der Waals surface area (Å²) < 4.78 is 7.96. The van der Waals surface area contributed by atoms with Gasteiger partial charge in [-0.2, -0.15) is 5.10 Å². The maximum absolute atomic E-state index is 6.12. The molecule has 1 saturated carbocycles. The summed E-state index contributed by atoms with van der Waals surface area (Å²) in [7, 11) is 0. The molecule has 1 aliphatic heterocycles. The lowest BCUT2D eigenvalue weighted by Gasteiger charge is -2.38. The first kappa shape index (κ1) is 15.6. The van der Waals surface area contributed by atoms with E-state index >= 15 is 0 Å². The van der Waals surface area contributed by atoms with E-state index in [1.165, 1.54) is 25.7 Å². The molecular weight excluding hydrogens is 302 g/mol. The van der Waals surface area contributed by atoms with Gasteiger partial charge in [0.2, 0.25) is 0 Å². The van der Waals surface area contributed by atoms with Gasteiger partial charge in [0, 0.05) is 18.3 Å². The molecule has 2 aromatic rings. The summed E-state index contributed by atoms with van der Waals surface area (Å²) >= 11 is 0. The number of aryl methyl sites for hydroxylation is 2. The van der Waals surface area contributed by atoms with Gasteiger partial charge in [0.15, 0.2) is 5.82 Å². The maximum atomic E-state index is 6.12. The molecule has 6 heteroatoms. The van der Waals surface area contributed by atoms with Gasteiger partial charge in [-0.25, -0.2) is 9.67 Å². The van der Waals surface area contributed by atoms with Crippen molar-refractivity contribution in [3.8, 4) is 5.82 Å². The second-order valence-electron chi connectivity index (χ2n) is 7.17. The second kappa shape index (κ2) is 6.16. The van der Waals surface area contributed by atoms with Crippen molar-refractivity contribution in [3.05, 3.63) is 29.8 Å². The van der Waals surface area contributed by atoms with Crippen LogP contribution in [0.3, 0.4) is 0 Å². The Labute approximate surface area is 142 Å². The molecule has 0 amide bonds. The average Bonchev–Trinajstić information content (AvgIpc) is 3.14. The number of aromatic nitrogens is 4. The van der Waals surface area contributed by atoms with Crippen molar-refractivity contribution in [2.75, 3.05) is 11.9 Å². The van der Waals surface area contributed by atoms with Gasteiger partial charge in [-0.3, -0.25) is 4.98 Å². The fourth-order valence-electron chi connectivity index (χ4n) is 4.12. The van der Waals surface area contributed by atoms with Crippen molar-refractivity contribution < 1.29 is 4.74 Å². The zero-order valence-electron chi connectivity index (χ0n) is 14.5. The largest absolute Gasteiger partial charge is 0.375 e. The highest BCUT2D eigenvalue weighted by Gasteiger charge is 2.39. The highest BCUT2D eigenvalue weighted by atomic mass is 16.5. The first-order chi connectivity index (χ1) is 11.6. The van der Waals surface area contributed by atoms with Crippen LogP contribution < -0.4 is 5.32 Å². The van der Waals surface area contributed by atoms with E-state index in [4.69, 9.17) is 9.72 Å². The molecule has 6 nitrogen and oxygen atoms in total. The minimum atomic E-state index is 0.108. The Morgan fingerprint density at radius 3 is 2.83 bits per heavy atom. The number of hydrogen-bond donors (Lipinski definition) is 1. The molecule has 0 aromatic carbocycles. The van der Waals surface area contributed by atoms with E-state index in [9.17, 15) is 0 Å². The average molecular weight is 327 g/mol. The Bertz CT molecular complexity index is 720. The van der Waals surface area contributed by atoms with Gasteiger partial charge in [-0.05, 0) is 45.6 Å². The van der Waals surface area contributed by atoms with Crippen LogP contribution in [0.4, 0.5) is 5.82 Å². The minimum absolute atomic E-state index is 0.108. The van der Waals surface area contributed by atoms with E-state index in [0.29, 0.717) is 6.04 Å². The topological polar surface area (TPSA) is 64.9 Å². The Morgan fingerprint density at radius 1 is 1.25 bits per heavy atom. The predicted octanol–water partition coefficient (Wildman–Crippen LogP) is 3.18. The third-order valence-electron chi connectivity index (χ3n) is 5.21. The molecule has 0 radical (unpaired) electrons. The summed E-state index contributed by atoms with van der Waals surface area (Å²) in [6.45, 7) is 4.86. The Kier molecular flexibility index (Phi) is 4.00. The molecule has 24 heavy (non-hydrogen) atoms. The van der Waals surface area contributed by atoms with E-state index in [0.717, 1.165) is 42.5 Å². The normalized spacial score (nSPS) is 22.8. The van der Waals surface area contributed by atoms with Gasteiger partial charge in [0.05, 0.1) is 23.7 Å². The highest BCUT2D eigenvalue weighted by molar-refractivity contribution is 5.37. The number of hydrogen-bond acceptors (Lipinski definition) is 5. The van der Waals surface area contributed by atoms with Gasteiger partial charge in [-0.1, -0.05) is 12.8 Å². The van der Waals surface area contributed by atoms with Crippen LogP contribution in [-0.4, -0.2) is 38.0 Å². The molecule has 128 valence electrons. The predicted molar refractivity (Wildman–Crippen MR) is 92.4 cm³/mol. The lowest BCUT2D eigenvalue weighted by atomic mass is 9.89. The molecule has 0 bridgehead atoms. The van der Waals surface area contributed by atoms with Gasteiger partial charge in [0.1, 0.15) is 5.82 Å².